The van der Waals surface area contributed by atoms with Crippen molar-refractivity contribution in [1.29, 1.82) is 0 Å². The van der Waals surface area contributed by atoms with E-state index in [1.165, 1.54) is 11.1 Å². The van der Waals surface area contributed by atoms with E-state index < -0.39 is 0 Å². The second kappa shape index (κ2) is 7.07. The predicted octanol–water partition coefficient (Wildman–Crippen LogP) is 2.54. The lowest BCUT2D eigenvalue weighted by Gasteiger charge is -2.06. The van der Waals surface area contributed by atoms with E-state index in [1.807, 2.05) is 12.1 Å². The van der Waals surface area contributed by atoms with Crippen LogP contribution in [-0.2, 0) is 6.42 Å². The average molecular weight is 233 g/mol. The number of pyridine rings is 1. The van der Waals surface area contributed by atoms with E-state index in [9.17, 15) is 0 Å². The Morgan fingerprint density at radius 1 is 1.53 bits per heavy atom. The predicted molar refractivity (Wildman–Crippen MR) is 73.9 cm³/mol. The zero-order valence-electron chi connectivity index (χ0n) is 11.0. The van der Waals surface area contributed by atoms with Crippen molar-refractivity contribution >= 4 is 5.82 Å². The Hall–Kier alpha value is -1.35. The van der Waals surface area contributed by atoms with Crippen molar-refractivity contribution in [2.45, 2.75) is 39.7 Å². The zero-order chi connectivity index (χ0) is 12.7. The maximum atomic E-state index is 5.65. The Labute approximate surface area is 104 Å². The van der Waals surface area contributed by atoms with Crippen LogP contribution in [0.3, 0.4) is 0 Å². The number of aromatic nitrogens is 1. The summed E-state index contributed by atoms with van der Waals surface area (Å²) < 4.78 is 0. The summed E-state index contributed by atoms with van der Waals surface area (Å²) in [5.41, 5.74) is 8.25. The van der Waals surface area contributed by atoms with Gasteiger partial charge >= 0.3 is 0 Å². The largest absolute Gasteiger partial charge is 0.384 e. The molecule has 0 aromatic carbocycles. The minimum absolute atomic E-state index is 0.559. The number of nitrogens with one attached hydrogen (secondary N) is 1. The smallest absolute Gasteiger partial charge is 0.123 e. The number of nitrogens with zero attached hydrogens (tertiary/aromatic N) is 1. The van der Waals surface area contributed by atoms with Gasteiger partial charge in [0, 0.05) is 12.2 Å². The number of hydrogen-bond acceptors (Lipinski definition) is 3. The molecule has 0 aliphatic heterocycles. The highest BCUT2D eigenvalue weighted by molar-refractivity contribution is 5.33. The van der Waals surface area contributed by atoms with Gasteiger partial charge in [0.2, 0.25) is 0 Å². The molecule has 0 amide bonds. The molecule has 3 heteroatoms. The minimum Gasteiger partial charge on any atom is -0.384 e. The first kappa shape index (κ1) is 13.7. The molecule has 0 unspecified atom stereocenters. The van der Waals surface area contributed by atoms with Gasteiger partial charge in [0.25, 0.3) is 0 Å². The van der Waals surface area contributed by atoms with Crippen LogP contribution < -0.4 is 11.1 Å². The first-order valence-electron chi connectivity index (χ1n) is 6.17. The van der Waals surface area contributed by atoms with Crippen LogP contribution in [0.15, 0.2) is 30.0 Å². The lowest BCUT2D eigenvalue weighted by atomic mass is 10.1. The maximum absolute atomic E-state index is 5.65. The third kappa shape index (κ3) is 6.07. The molecule has 0 aliphatic rings. The molecule has 0 fully saturated rings. The van der Waals surface area contributed by atoms with Gasteiger partial charge in [0.1, 0.15) is 5.82 Å². The fraction of sp³-hybridized carbons (Fsp3) is 0.500. The Morgan fingerprint density at radius 2 is 2.29 bits per heavy atom. The summed E-state index contributed by atoms with van der Waals surface area (Å²) in [5, 5.41) is 3.40. The van der Waals surface area contributed by atoms with Crippen molar-refractivity contribution in [1.82, 2.24) is 10.3 Å². The molecule has 1 aromatic rings. The van der Waals surface area contributed by atoms with Crippen molar-refractivity contribution in [2.24, 2.45) is 0 Å². The second-order valence-corrected chi connectivity index (χ2v) is 4.71. The third-order valence-electron chi connectivity index (χ3n) is 2.52. The van der Waals surface area contributed by atoms with Gasteiger partial charge < -0.3 is 11.1 Å². The van der Waals surface area contributed by atoms with Crippen LogP contribution >= 0.6 is 0 Å². The van der Waals surface area contributed by atoms with Gasteiger partial charge in [-0.05, 0) is 44.0 Å². The topological polar surface area (TPSA) is 50.9 Å². The van der Waals surface area contributed by atoms with Crippen LogP contribution in [-0.4, -0.2) is 17.6 Å². The molecular weight excluding hydrogens is 210 g/mol. The van der Waals surface area contributed by atoms with E-state index in [0.717, 1.165) is 19.4 Å². The highest BCUT2D eigenvalue weighted by atomic mass is 14.9. The second-order valence-electron chi connectivity index (χ2n) is 4.71. The maximum Gasteiger partial charge on any atom is 0.123 e. The molecular formula is C14H23N3. The lowest BCUT2D eigenvalue weighted by Crippen LogP contribution is -2.23. The Bertz CT molecular complexity index is 369. The number of hydrogen-bond donors (Lipinski definition) is 2. The monoisotopic (exact) mass is 233 g/mol. The Balaban J connectivity index is 2.38. The van der Waals surface area contributed by atoms with Crippen LogP contribution in [0.25, 0.3) is 0 Å². The van der Waals surface area contributed by atoms with Gasteiger partial charge in [-0.3, -0.25) is 0 Å². The fourth-order valence-corrected chi connectivity index (χ4v) is 1.69. The molecule has 1 heterocycles. The van der Waals surface area contributed by atoms with Crippen LogP contribution in [0.5, 0.6) is 0 Å². The van der Waals surface area contributed by atoms with E-state index in [4.69, 9.17) is 5.73 Å². The molecule has 94 valence electrons. The molecule has 0 aliphatic carbocycles. The molecule has 0 saturated carbocycles. The van der Waals surface area contributed by atoms with Gasteiger partial charge in [-0.15, -0.1) is 0 Å². The van der Waals surface area contributed by atoms with Crippen molar-refractivity contribution in [3.63, 3.8) is 0 Å². The molecule has 1 rings (SSSR count). The molecule has 0 spiro atoms. The van der Waals surface area contributed by atoms with Gasteiger partial charge in [-0.1, -0.05) is 25.5 Å². The average Bonchev–Trinajstić information content (AvgIpc) is 2.24. The normalized spacial score (nSPS) is 12.1. The van der Waals surface area contributed by atoms with Crippen LogP contribution in [0, 0.1) is 0 Å². The van der Waals surface area contributed by atoms with Gasteiger partial charge in [-0.25, -0.2) is 4.98 Å². The van der Waals surface area contributed by atoms with Gasteiger partial charge in [0.05, 0.1) is 0 Å². The summed E-state index contributed by atoms with van der Waals surface area (Å²) in [7, 11) is 0. The van der Waals surface area contributed by atoms with Crippen molar-refractivity contribution in [3.8, 4) is 0 Å². The quantitative estimate of drug-likeness (QED) is 0.586. The van der Waals surface area contributed by atoms with Crippen LogP contribution in [0.2, 0.25) is 0 Å². The first-order valence-corrected chi connectivity index (χ1v) is 6.17. The van der Waals surface area contributed by atoms with E-state index in [-0.39, 0.29) is 0 Å². The summed E-state index contributed by atoms with van der Waals surface area (Å²) in [4.78, 5) is 3.99. The van der Waals surface area contributed by atoms with Crippen LogP contribution in [0.1, 0.15) is 32.8 Å². The zero-order valence-corrected chi connectivity index (χ0v) is 11.0. The summed E-state index contributed by atoms with van der Waals surface area (Å²) in [6.07, 6.45) is 6.07. The summed E-state index contributed by atoms with van der Waals surface area (Å²) in [6.45, 7) is 7.52. The molecule has 0 atom stereocenters. The number of rotatable bonds is 6. The highest BCUT2D eigenvalue weighted by Gasteiger charge is 1.96. The van der Waals surface area contributed by atoms with Crippen molar-refractivity contribution in [3.05, 3.63) is 35.5 Å². The highest BCUT2D eigenvalue weighted by Crippen LogP contribution is 2.09. The van der Waals surface area contributed by atoms with Crippen molar-refractivity contribution in [2.75, 3.05) is 12.3 Å². The molecule has 0 radical (unpaired) electrons. The van der Waals surface area contributed by atoms with E-state index in [2.05, 4.69) is 37.1 Å². The molecule has 3 N–H and O–H groups in total. The molecule has 17 heavy (non-hydrogen) atoms. The van der Waals surface area contributed by atoms with E-state index in [0.29, 0.717) is 11.9 Å². The standard InChI is InChI=1S/C14H23N3/c1-11(2)16-7-4-5-12(3)9-13-6-8-17-14(15)10-13/h5-6,8,10-11,16H,4,7,9H2,1-3H3,(H2,15,17). The number of anilines is 1. The molecule has 3 nitrogen and oxygen atoms in total. The van der Waals surface area contributed by atoms with Crippen molar-refractivity contribution < 1.29 is 0 Å². The van der Waals surface area contributed by atoms with Crippen LogP contribution in [0.4, 0.5) is 5.82 Å². The number of nitrogen functional groups attached to an aromatic ring is 1. The summed E-state index contributed by atoms with van der Waals surface area (Å²) >= 11 is 0. The fourth-order valence-electron chi connectivity index (χ4n) is 1.69. The molecule has 0 saturated heterocycles. The summed E-state index contributed by atoms with van der Waals surface area (Å²) in [6, 6.07) is 4.51. The van der Waals surface area contributed by atoms with Gasteiger partial charge in [-0.2, -0.15) is 0 Å². The Kier molecular flexibility index (Phi) is 5.70. The number of nitrogens with two attached hydrogens (primary N) is 1. The van der Waals surface area contributed by atoms with E-state index >= 15 is 0 Å². The number of allylic oxidation sites excluding steroid dienone is 1. The Morgan fingerprint density at radius 3 is 2.94 bits per heavy atom. The summed E-state index contributed by atoms with van der Waals surface area (Å²) in [5.74, 6) is 0.594. The molecule has 1 aromatic heterocycles. The molecule has 0 bridgehead atoms. The first-order chi connectivity index (χ1) is 8.08. The lowest BCUT2D eigenvalue weighted by molar-refractivity contribution is 0.594. The minimum atomic E-state index is 0.559. The third-order valence-corrected chi connectivity index (χ3v) is 2.52. The van der Waals surface area contributed by atoms with Gasteiger partial charge in [0.15, 0.2) is 0 Å². The SMILES string of the molecule is CC(=CCCNC(C)C)Cc1ccnc(N)c1. The van der Waals surface area contributed by atoms with E-state index in [1.54, 1.807) is 6.20 Å².